The van der Waals surface area contributed by atoms with Gasteiger partial charge in [-0.15, -0.1) is 0 Å². The first kappa shape index (κ1) is 17.3. The molecule has 0 saturated heterocycles. The summed E-state index contributed by atoms with van der Waals surface area (Å²) in [5, 5.41) is 3.85. The first-order valence-electron chi connectivity index (χ1n) is 6.50. The number of carbonyl (C=O) groups excluding carboxylic acids is 1. The highest BCUT2D eigenvalue weighted by Gasteiger charge is 2.47. The Morgan fingerprint density at radius 3 is 2.52 bits per heavy atom. The fourth-order valence-corrected chi connectivity index (χ4v) is 2.37. The molecule has 0 spiro atoms. The molecule has 2 aromatic heterocycles. The summed E-state index contributed by atoms with van der Waals surface area (Å²) in [4.78, 5) is 15.7. The van der Waals surface area contributed by atoms with Crippen LogP contribution in [0.5, 0.6) is 0 Å². The summed E-state index contributed by atoms with van der Waals surface area (Å²) in [6, 6.07) is 1.20. The summed E-state index contributed by atoms with van der Waals surface area (Å²) in [7, 11) is 1.51. The molecule has 2 heterocycles. The Morgan fingerprint density at radius 1 is 1.39 bits per heavy atom. The third-order valence-electron chi connectivity index (χ3n) is 3.34. The SMILES string of the molecule is Cc1nn(C)c(C)c1C(OC(=O)c1ccncc1Cl)C(F)(F)F. The van der Waals surface area contributed by atoms with E-state index in [1.807, 2.05) is 0 Å². The molecule has 23 heavy (non-hydrogen) atoms. The molecular formula is C14H13ClF3N3O2. The van der Waals surface area contributed by atoms with Crippen LogP contribution in [0.1, 0.15) is 33.4 Å². The largest absolute Gasteiger partial charge is 0.444 e. The van der Waals surface area contributed by atoms with Gasteiger partial charge in [0.25, 0.3) is 0 Å². The van der Waals surface area contributed by atoms with Gasteiger partial charge in [-0.1, -0.05) is 11.6 Å². The number of nitrogens with zero attached hydrogens (tertiary/aromatic N) is 3. The van der Waals surface area contributed by atoms with Crippen molar-refractivity contribution in [3.63, 3.8) is 0 Å². The van der Waals surface area contributed by atoms with E-state index in [9.17, 15) is 18.0 Å². The van der Waals surface area contributed by atoms with Gasteiger partial charge in [-0.05, 0) is 19.9 Å². The summed E-state index contributed by atoms with van der Waals surface area (Å²) in [6.45, 7) is 2.90. The number of rotatable bonds is 3. The van der Waals surface area contributed by atoms with Gasteiger partial charge in [0.05, 0.1) is 16.3 Å². The van der Waals surface area contributed by atoms with Crippen molar-refractivity contribution in [3.05, 3.63) is 46.0 Å². The molecule has 0 radical (unpaired) electrons. The smallest absolute Gasteiger partial charge is 0.430 e. The molecule has 2 rings (SSSR count). The molecule has 0 aromatic carbocycles. The molecule has 9 heteroatoms. The van der Waals surface area contributed by atoms with Gasteiger partial charge < -0.3 is 4.74 Å². The van der Waals surface area contributed by atoms with Crippen LogP contribution in [0.2, 0.25) is 5.02 Å². The molecule has 1 atom stereocenters. The van der Waals surface area contributed by atoms with Crippen LogP contribution in [-0.2, 0) is 11.8 Å². The topological polar surface area (TPSA) is 57.0 Å². The lowest BCUT2D eigenvalue weighted by molar-refractivity contribution is -0.207. The van der Waals surface area contributed by atoms with E-state index in [1.165, 1.54) is 37.8 Å². The number of hydrogen-bond acceptors (Lipinski definition) is 4. The van der Waals surface area contributed by atoms with E-state index in [0.29, 0.717) is 0 Å². The highest BCUT2D eigenvalue weighted by atomic mass is 35.5. The maximum Gasteiger partial charge on any atom is 0.430 e. The Hall–Kier alpha value is -2.09. The van der Waals surface area contributed by atoms with Crippen molar-refractivity contribution < 1.29 is 22.7 Å². The second-order valence-electron chi connectivity index (χ2n) is 4.89. The number of alkyl halides is 3. The molecule has 0 saturated carbocycles. The molecule has 0 amide bonds. The fraction of sp³-hybridized carbons (Fsp3) is 0.357. The number of aryl methyl sites for hydroxylation is 2. The maximum absolute atomic E-state index is 13.4. The van der Waals surface area contributed by atoms with E-state index < -0.39 is 18.2 Å². The number of ether oxygens (including phenoxy) is 1. The lowest BCUT2D eigenvalue weighted by Gasteiger charge is -2.21. The zero-order valence-corrected chi connectivity index (χ0v) is 13.2. The second-order valence-corrected chi connectivity index (χ2v) is 5.30. The molecule has 0 fully saturated rings. The van der Waals surface area contributed by atoms with Crippen LogP contribution >= 0.6 is 11.6 Å². The van der Waals surface area contributed by atoms with E-state index in [1.54, 1.807) is 0 Å². The monoisotopic (exact) mass is 347 g/mol. The van der Waals surface area contributed by atoms with Gasteiger partial charge >= 0.3 is 12.1 Å². The zero-order valence-electron chi connectivity index (χ0n) is 12.5. The molecule has 2 aromatic rings. The molecule has 0 aliphatic rings. The predicted molar refractivity (Wildman–Crippen MR) is 76.1 cm³/mol. The lowest BCUT2D eigenvalue weighted by Crippen LogP contribution is -2.27. The van der Waals surface area contributed by atoms with Crippen molar-refractivity contribution in [2.24, 2.45) is 7.05 Å². The van der Waals surface area contributed by atoms with Crippen LogP contribution in [0.3, 0.4) is 0 Å². The summed E-state index contributed by atoms with van der Waals surface area (Å²) in [5.74, 6) is -1.18. The molecule has 0 aliphatic heterocycles. The summed E-state index contributed by atoms with van der Waals surface area (Å²) >= 11 is 5.77. The Bertz CT molecular complexity index is 743. The average molecular weight is 348 g/mol. The maximum atomic E-state index is 13.4. The van der Waals surface area contributed by atoms with Gasteiger partial charge in [-0.3, -0.25) is 9.67 Å². The van der Waals surface area contributed by atoms with Crippen molar-refractivity contribution in [1.29, 1.82) is 0 Å². The standard InChI is InChI=1S/C14H13ClF3N3O2/c1-7-11(8(2)21(3)20-7)12(14(16,17)18)23-13(22)9-4-5-19-6-10(9)15/h4-6,12H,1-3H3. The van der Waals surface area contributed by atoms with Gasteiger partial charge in [0.15, 0.2) is 0 Å². The van der Waals surface area contributed by atoms with E-state index in [-0.39, 0.29) is 27.5 Å². The minimum atomic E-state index is -4.78. The lowest BCUT2D eigenvalue weighted by atomic mass is 10.1. The number of aromatic nitrogens is 3. The summed E-state index contributed by atoms with van der Waals surface area (Å²) < 4.78 is 46.2. The van der Waals surface area contributed by atoms with Gasteiger partial charge in [0.2, 0.25) is 6.10 Å². The third-order valence-corrected chi connectivity index (χ3v) is 3.64. The van der Waals surface area contributed by atoms with Gasteiger partial charge in [-0.2, -0.15) is 18.3 Å². The van der Waals surface area contributed by atoms with Crippen molar-refractivity contribution >= 4 is 17.6 Å². The van der Waals surface area contributed by atoms with E-state index in [4.69, 9.17) is 16.3 Å². The third kappa shape index (κ3) is 3.47. The Kier molecular flexibility index (Phi) is 4.65. The highest BCUT2D eigenvalue weighted by Crippen LogP contribution is 2.39. The van der Waals surface area contributed by atoms with Gasteiger partial charge in [0.1, 0.15) is 0 Å². The van der Waals surface area contributed by atoms with Gasteiger partial charge in [0, 0.05) is 30.7 Å². The van der Waals surface area contributed by atoms with Crippen LogP contribution in [0.4, 0.5) is 13.2 Å². The van der Waals surface area contributed by atoms with E-state index in [2.05, 4.69) is 10.1 Å². The Morgan fingerprint density at radius 2 is 2.04 bits per heavy atom. The number of halogens is 4. The molecule has 5 nitrogen and oxygen atoms in total. The van der Waals surface area contributed by atoms with Gasteiger partial charge in [-0.25, -0.2) is 4.79 Å². The first-order chi connectivity index (χ1) is 10.6. The number of carbonyl (C=O) groups is 1. The Labute approximate surface area is 135 Å². The number of pyridine rings is 1. The fourth-order valence-electron chi connectivity index (χ4n) is 2.17. The van der Waals surface area contributed by atoms with Crippen LogP contribution in [-0.4, -0.2) is 26.9 Å². The quantitative estimate of drug-likeness (QED) is 0.797. The van der Waals surface area contributed by atoms with Crippen molar-refractivity contribution in [2.45, 2.75) is 26.1 Å². The van der Waals surface area contributed by atoms with Crippen LogP contribution < -0.4 is 0 Å². The number of esters is 1. The Balaban J connectivity index is 2.42. The van der Waals surface area contributed by atoms with Crippen molar-refractivity contribution in [1.82, 2.24) is 14.8 Å². The van der Waals surface area contributed by atoms with E-state index in [0.717, 1.165) is 6.20 Å². The normalized spacial score (nSPS) is 13.0. The molecule has 0 N–H and O–H groups in total. The second kappa shape index (κ2) is 6.19. The minimum absolute atomic E-state index is 0.0851. The highest BCUT2D eigenvalue weighted by molar-refractivity contribution is 6.33. The summed E-state index contributed by atoms with van der Waals surface area (Å²) in [5.41, 5.74) is 0.0352. The number of hydrogen-bond donors (Lipinski definition) is 0. The average Bonchev–Trinajstić information content (AvgIpc) is 2.69. The van der Waals surface area contributed by atoms with Crippen LogP contribution in [0, 0.1) is 13.8 Å². The molecular weight excluding hydrogens is 335 g/mol. The molecule has 0 bridgehead atoms. The van der Waals surface area contributed by atoms with Crippen molar-refractivity contribution in [3.8, 4) is 0 Å². The molecule has 0 aliphatic carbocycles. The van der Waals surface area contributed by atoms with Crippen LogP contribution in [0.25, 0.3) is 0 Å². The summed E-state index contributed by atoms with van der Waals surface area (Å²) in [6.07, 6.45) is -4.81. The van der Waals surface area contributed by atoms with E-state index >= 15 is 0 Å². The van der Waals surface area contributed by atoms with Crippen LogP contribution in [0.15, 0.2) is 18.5 Å². The zero-order chi connectivity index (χ0) is 17.4. The first-order valence-corrected chi connectivity index (χ1v) is 6.88. The minimum Gasteiger partial charge on any atom is -0.444 e. The molecule has 1 unspecified atom stereocenters. The molecule has 124 valence electrons. The van der Waals surface area contributed by atoms with Crippen molar-refractivity contribution in [2.75, 3.05) is 0 Å². The predicted octanol–water partition coefficient (Wildman–Crippen LogP) is 3.55.